The Morgan fingerprint density at radius 1 is 0.931 bits per heavy atom. The quantitative estimate of drug-likeness (QED) is 0.698. The van der Waals surface area contributed by atoms with E-state index in [0.717, 1.165) is 4.90 Å². The lowest BCUT2D eigenvalue weighted by molar-refractivity contribution is -0.130. The van der Waals surface area contributed by atoms with Gasteiger partial charge in [-0.2, -0.15) is 0 Å². The summed E-state index contributed by atoms with van der Waals surface area (Å²) in [5.41, 5.74) is 0.695. The number of imide groups is 1. The first-order valence-electron chi connectivity index (χ1n) is 9.41. The molecule has 0 N–H and O–H groups in total. The Morgan fingerprint density at radius 3 is 2.14 bits per heavy atom. The minimum Gasteiger partial charge on any atom is -0.341 e. The van der Waals surface area contributed by atoms with Crippen LogP contribution in [0, 0.1) is 0 Å². The first-order valence-corrected chi connectivity index (χ1v) is 11.0. The van der Waals surface area contributed by atoms with Gasteiger partial charge in [-0.3, -0.25) is 19.3 Å². The molecular formula is C21H20N2O5S. The Bertz CT molecular complexity index is 1050. The average molecular weight is 412 g/mol. The second-order valence-electron chi connectivity index (χ2n) is 7.17. The van der Waals surface area contributed by atoms with Crippen LogP contribution in [-0.2, 0) is 14.6 Å². The van der Waals surface area contributed by atoms with Crippen molar-refractivity contribution >= 4 is 27.6 Å². The van der Waals surface area contributed by atoms with E-state index in [-0.39, 0.29) is 30.3 Å². The Kier molecular flexibility index (Phi) is 4.96. The summed E-state index contributed by atoms with van der Waals surface area (Å²) < 4.78 is 25.5. The third-order valence-electron chi connectivity index (χ3n) is 5.44. The largest absolute Gasteiger partial charge is 0.341 e. The van der Waals surface area contributed by atoms with E-state index in [1.807, 2.05) is 0 Å². The van der Waals surface area contributed by atoms with Gasteiger partial charge in [0.25, 0.3) is 11.8 Å². The minimum absolute atomic E-state index is 0.0161. The SMILES string of the molecule is O=C(CCN1C(=O)c2ccccc2C1=O)N1CCC(S(=O)(=O)c2ccccc2)C1. The summed E-state index contributed by atoms with van der Waals surface area (Å²) >= 11 is 0. The van der Waals surface area contributed by atoms with Crippen LogP contribution in [0.5, 0.6) is 0 Å². The summed E-state index contributed by atoms with van der Waals surface area (Å²) in [4.78, 5) is 40.2. The molecule has 8 heteroatoms. The van der Waals surface area contributed by atoms with Crippen LogP contribution in [0.15, 0.2) is 59.5 Å². The lowest BCUT2D eigenvalue weighted by Crippen LogP contribution is -2.36. The van der Waals surface area contributed by atoms with Crippen molar-refractivity contribution in [3.05, 3.63) is 65.7 Å². The third-order valence-corrected chi connectivity index (χ3v) is 7.63. The van der Waals surface area contributed by atoms with Crippen LogP contribution >= 0.6 is 0 Å². The minimum atomic E-state index is -3.50. The van der Waals surface area contributed by atoms with Gasteiger partial charge in [-0.05, 0) is 30.7 Å². The van der Waals surface area contributed by atoms with E-state index in [4.69, 9.17) is 0 Å². The van der Waals surface area contributed by atoms with E-state index in [0.29, 0.717) is 24.1 Å². The van der Waals surface area contributed by atoms with Crippen LogP contribution in [-0.4, -0.2) is 60.8 Å². The maximum atomic E-state index is 12.7. The second-order valence-corrected chi connectivity index (χ2v) is 9.39. The number of hydrogen-bond acceptors (Lipinski definition) is 5. The zero-order valence-electron chi connectivity index (χ0n) is 15.7. The highest BCUT2D eigenvalue weighted by Crippen LogP contribution is 2.25. The molecule has 2 aliphatic heterocycles. The van der Waals surface area contributed by atoms with Crippen LogP contribution in [0.1, 0.15) is 33.6 Å². The van der Waals surface area contributed by atoms with Gasteiger partial charge in [0.2, 0.25) is 5.91 Å². The molecule has 2 aromatic carbocycles. The van der Waals surface area contributed by atoms with Gasteiger partial charge in [0.1, 0.15) is 0 Å². The highest BCUT2D eigenvalue weighted by atomic mass is 32.2. The molecule has 1 unspecified atom stereocenters. The van der Waals surface area contributed by atoms with Gasteiger partial charge in [0.05, 0.1) is 21.3 Å². The van der Waals surface area contributed by atoms with Gasteiger partial charge in [0, 0.05) is 26.1 Å². The van der Waals surface area contributed by atoms with E-state index in [1.54, 1.807) is 54.6 Å². The van der Waals surface area contributed by atoms with Crippen molar-refractivity contribution in [2.45, 2.75) is 23.0 Å². The highest BCUT2D eigenvalue weighted by molar-refractivity contribution is 7.92. The normalized spacial score (nSPS) is 19.0. The van der Waals surface area contributed by atoms with Crippen molar-refractivity contribution in [1.29, 1.82) is 0 Å². The number of likely N-dealkylation sites (tertiary alicyclic amines) is 1. The molecule has 7 nitrogen and oxygen atoms in total. The molecule has 29 heavy (non-hydrogen) atoms. The summed E-state index contributed by atoms with van der Waals surface area (Å²) in [6.45, 7) is 0.452. The van der Waals surface area contributed by atoms with E-state index in [9.17, 15) is 22.8 Å². The number of rotatable bonds is 5. The van der Waals surface area contributed by atoms with Gasteiger partial charge in [-0.1, -0.05) is 30.3 Å². The van der Waals surface area contributed by atoms with Crippen molar-refractivity contribution in [1.82, 2.24) is 9.80 Å². The molecule has 4 rings (SSSR count). The zero-order valence-corrected chi connectivity index (χ0v) is 16.5. The average Bonchev–Trinajstić information content (AvgIpc) is 3.33. The molecule has 0 aromatic heterocycles. The summed E-state index contributed by atoms with van der Waals surface area (Å²) in [5.74, 6) is -1.05. The monoisotopic (exact) mass is 412 g/mol. The fourth-order valence-corrected chi connectivity index (χ4v) is 5.53. The van der Waals surface area contributed by atoms with Crippen LogP contribution in [0.3, 0.4) is 0 Å². The Balaban J connectivity index is 1.37. The molecule has 150 valence electrons. The molecular weight excluding hydrogens is 392 g/mol. The molecule has 1 fully saturated rings. The molecule has 2 aromatic rings. The molecule has 0 radical (unpaired) electrons. The Hall–Kier alpha value is -3.00. The highest BCUT2D eigenvalue weighted by Gasteiger charge is 2.38. The van der Waals surface area contributed by atoms with Gasteiger partial charge in [-0.15, -0.1) is 0 Å². The fourth-order valence-electron chi connectivity index (χ4n) is 3.82. The number of carbonyl (C=O) groups excluding carboxylic acids is 3. The summed E-state index contributed by atoms with van der Waals surface area (Å²) in [5, 5.41) is -0.645. The number of amides is 3. The summed E-state index contributed by atoms with van der Waals surface area (Å²) in [6.07, 6.45) is 0.347. The van der Waals surface area contributed by atoms with E-state index >= 15 is 0 Å². The van der Waals surface area contributed by atoms with Crippen molar-refractivity contribution in [2.24, 2.45) is 0 Å². The fraction of sp³-hybridized carbons (Fsp3) is 0.286. The number of fused-ring (bicyclic) bond motifs is 1. The van der Waals surface area contributed by atoms with Gasteiger partial charge >= 0.3 is 0 Å². The first kappa shape index (κ1) is 19.3. The lowest BCUT2D eigenvalue weighted by atomic mass is 10.1. The third kappa shape index (κ3) is 3.44. The molecule has 1 atom stereocenters. The van der Waals surface area contributed by atoms with Gasteiger partial charge in [-0.25, -0.2) is 8.42 Å². The molecule has 3 amide bonds. The molecule has 1 saturated heterocycles. The second kappa shape index (κ2) is 7.44. The lowest BCUT2D eigenvalue weighted by Gasteiger charge is -2.19. The summed E-state index contributed by atoms with van der Waals surface area (Å²) in [7, 11) is -3.50. The molecule has 0 saturated carbocycles. The molecule has 0 spiro atoms. The number of nitrogens with zero attached hydrogens (tertiary/aromatic N) is 2. The standard InChI is InChI=1S/C21H20N2O5S/c24-19(11-13-23-20(25)17-8-4-5-9-18(17)21(23)26)22-12-10-16(14-22)29(27,28)15-6-2-1-3-7-15/h1-9,16H,10-14H2. The van der Waals surface area contributed by atoms with Gasteiger partial charge in [0.15, 0.2) is 9.84 Å². The van der Waals surface area contributed by atoms with Gasteiger partial charge < -0.3 is 4.90 Å². The van der Waals surface area contributed by atoms with E-state index in [1.165, 1.54) is 4.90 Å². The topological polar surface area (TPSA) is 91.8 Å². The molecule has 2 aliphatic rings. The molecule has 0 aliphatic carbocycles. The van der Waals surface area contributed by atoms with Crippen LogP contribution in [0.2, 0.25) is 0 Å². The van der Waals surface area contributed by atoms with E-state index in [2.05, 4.69) is 0 Å². The maximum Gasteiger partial charge on any atom is 0.261 e. The van der Waals surface area contributed by atoms with Crippen molar-refractivity contribution in [2.75, 3.05) is 19.6 Å². The number of sulfone groups is 1. The first-order chi connectivity index (χ1) is 13.9. The van der Waals surface area contributed by atoms with Crippen molar-refractivity contribution in [3.8, 4) is 0 Å². The predicted molar refractivity (Wildman–Crippen MR) is 105 cm³/mol. The Labute approximate surface area is 168 Å². The smallest absolute Gasteiger partial charge is 0.261 e. The van der Waals surface area contributed by atoms with Crippen LogP contribution in [0.4, 0.5) is 0 Å². The van der Waals surface area contributed by atoms with Crippen LogP contribution < -0.4 is 0 Å². The van der Waals surface area contributed by atoms with Crippen molar-refractivity contribution < 1.29 is 22.8 Å². The zero-order chi connectivity index (χ0) is 20.6. The molecule has 0 bridgehead atoms. The number of carbonyl (C=O) groups is 3. The maximum absolute atomic E-state index is 12.7. The van der Waals surface area contributed by atoms with E-state index < -0.39 is 26.9 Å². The number of hydrogen-bond donors (Lipinski definition) is 0. The molecule has 2 heterocycles. The van der Waals surface area contributed by atoms with Crippen LogP contribution in [0.25, 0.3) is 0 Å². The summed E-state index contributed by atoms with van der Waals surface area (Å²) in [6, 6.07) is 14.8. The van der Waals surface area contributed by atoms with Crippen molar-refractivity contribution in [3.63, 3.8) is 0 Å². The Morgan fingerprint density at radius 2 is 1.52 bits per heavy atom. The number of benzene rings is 2. The predicted octanol–water partition coefficient (Wildman–Crippen LogP) is 1.75.